The minimum Gasteiger partial charge on any atom is -0.388 e. The first kappa shape index (κ1) is 27.8. The van der Waals surface area contributed by atoms with Gasteiger partial charge in [0.15, 0.2) is 0 Å². The van der Waals surface area contributed by atoms with Crippen molar-refractivity contribution in [2.24, 2.45) is 39.9 Å². The highest BCUT2D eigenvalue weighted by molar-refractivity contribution is 5.29. The monoisotopic (exact) mass is 494 g/mol. The van der Waals surface area contributed by atoms with Gasteiger partial charge in [0, 0.05) is 6.20 Å². The highest BCUT2D eigenvalue weighted by Crippen LogP contribution is 2.71. The number of rotatable bonds is 9. The third-order valence-electron chi connectivity index (χ3n) is 11.9. The summed E-state index contributed by atoms with van der Waals surface area (Å²) in [6, 6.07) is 0. The van der Waals surface area contributed by atoms with Gasteiger partial charge in [0.2, 0.25) is 0 Å². The summed E-state index contributed by atoms with van der Waals surface area (Å²) in [5.41, 5.74) is 1.39. The van der Waals surface area contributed by atoms with Crippen molar-refractivity contribution in [3.8, 4) is 11.8 Å². The molecule has 202 valence electrons. The lowest BCUT2D eigenvalue weighted by Gasteiger charge is -2.65. The molecule has 0 spiro atoms. The van der Waals surface area contributed by atoms with Gasteiger partial charge in [-0.25, -0.2) is 0 Å². The first-order valence-electron chi connectivity index (χ1n) is 15.3. The maximum atomic E-state index is 11.9. The molecule has 8 atom stereocenters. The van der Waals surface area contributed by atoms with Crippen LogP contribution in [0.3, 0.4) is 0 Å². The van der Waals surface area contributed by atoms with E-state index in [0.717, 1.165) is 29.7 Å². The van der Waals surface area contributed by atoms with Crippen molar-refractivity contribution in [1.29, 1.82) is 0 Å². The molecule has 0 aliphatic heterocycles. The van der Waals surface area contributed by atoms with Crippen LogP contribution in [-0.2, 0) is 6.54 Å². The number of hydrogen-bond donors (Lipinski definition) is 1. The Morgan fingerprint density at radius 3 is 2.50 bits per heavy atom. The van der Waals surface area contributed by atoms with Gasteiger partial charge in [-0.1, -0.05) is 59.8 Å². The van der Waals surface area contributed by atoms with Crippen molar-refractivity contribution in [3.63, 3.8) is 0 Å². The van der Waals surface area contributed by atoms with Crippen molar-refractivity contribution < 1.29 is 5.11 Å². The lowest BCUT2D eigenvalue weighted by molar-refractivity contribution is -0.165. The smallest absolute Gasteiger partial charge is 0.0848 e. The molecule has 3 aliphatic rings. The Labute approximate surface area is 222 Å². The van der Waals surface area contributed by atoms with Crippen molar-refractivity contribution in [2.75, 3.05) is 0 Å². The molecule has 4 rings (SSSR count). The van der Waals surface area contributed by atoms with Gasteiger partial charge >= 0.3 is 0 Å². The van der Waals surface area contributed by atoms with Crippen LogP contribution in [0.4, 0.5) is 0 Å². The van der Waals surface area contributed by atoms with Gasteiger partial charge in [-0.05, 0) is 112 Å². The molecule has 0 radical (unpaired) electrons. The largest absolute Gasteiger partial charge is 0.388 e. The second-order valence-corrected chi connectivity index (χ2v) is 13.7. The molecule has 0 amide bonds. The molecule has 1 N–H and O–H groups in total. The fraction of sp³-hybridized carbons (Fsp3) is 0.848. The van der Waals surface area contributed by atoms with Crippen LogP contribution < -0.4 is 0 Å². The van der Waals surface area contributed by atoms with Crippen LogP contribution in [-0.4, -0.2) is 20.5 Å². The summed E-state index contributed by atoms with van der Waals surface area (Å²) in [5.74, 6) is 8.83. The fourth-order valence-corrected chi connectivity index (χ4v) is 10.4. The second-order valence-electron chi connectivity index (χ2n) is 13.7. The molecule has 0 bridgehead atoms. The first-order valence-corrected chi connectivity index (χ1v) is 15.3. The Morgan fingerprint density at radius 2 is 1.83 bits per heavy atom. The SMILES string of the molecule is CC#Cc1cnn(CC(C)(O)C2CCC3C4CCC(C)(CCCC)C(CC)(CCC)C4CCC32C)c1. The quantitative estimate of drug-likeness (QED) is 0.351. The number of unbranched alkanes of at least 4 members (excludes halogenated alkanes) is 1. The van der Waals surface area contributed by atoms with E-state index in [2.05, 4.69) is 58.5 Å². The zero-order valence-corrected chi connectivity index (χ0v) is 24.5. The molecular formula is C33H54N2O. The number of aromatic nitrogens is 2. The highest BCUT2D eigenvalue weighted by atomic mass is 16.3. The Kier molecular flexibility index (Phi) is 8.08. The maximum Gasteiger partial charge on any atom is 0.0848 e. The van der Waals surface area contributed by atoms with Crippen LogP contribution in [0.25, 0.3) is 0 Å². The van der Waals surface area contributed by atoms with E-state index in [1.54, 1.807) is 0 Å². The summed E-state index contributed by atoms with van der Waals surface area (Å²) in [5, 5.41) is 16.5. The summed E-state index contributed by atoms with van der Waals surface area (Å²) in [7, 11) is 0. The van der Waals surface area contributed by atoms with Crippen molar-refractivity contribution in [1.82, 2.24) is 9.78 Å². The molecule has 8 unspecified atom stereocenters. The maximum absolute atomic E-state index is 11.9. The van der Waals surface area contributed by atoms with Gasteiger partial charge in [0.05, 0.1) is 23.9 Å². The molecule has 3 aliphatic carbocycles. The van der Waals surface area contributed by atoms with E-state index in [1.807, 2.05) is 24.0 Å². The van der Waals surface area contributed by atoms with E-state index in [0.29, 0.717) is 23.3 Å². The molecule has 3 fully saturated rings. The van der Waals surface area contributed by atoms with Crippen LogP contribution >= 0.6 is 0 Å². The van der Waals surface area contributed by atoms with Gasteiger partial charge < -0.3 is 5.11 Å². The van der Waals surface area contributed by atoms with E-state index in [1.165, 1.54) is 70.6 Å². The van der Waals surface area contributed by atoms with Gasteiger partial charge in [-0.2, -0.15) is 5.10 Å². The van der Waals surface area contributed by atoms with Crippen LogP contribution in [0.2, 0.25) is 0 Å². The summed E-state index contributed by atoms with van der Waals surface area (Å²) in [4.78, 5) is 0. The fourth-order valence-electron chi connectivity index (χ4n) is 10.4. The van der Waals surface area contributed by atoms with Crippen LogP contribution in [0.15, 0.2) is 12.4 Å². The number of nitrogens with zero attached hydrogens (tertiary/aromatic N) is 2. The third-order valence-corrected chi connectivity index (χ3v) is 11.9. The van der Waals surface area contributed by atoms with E-state index < -0.39 is 5.60 Å². The second kappa shape index (κ2) is 10.5. The molecular weight excluding hydrogens is 440 g/mol. The Bertz CT molecular complexity index is 952. The van der Waals surface area contributed by atoms with Gasteiger partial charge in [-0.3, -0.25) is 4.68 Å². The molecule has 0 aromatic carbocycles. The van der Waals surface area contributed by atoms with E-state index >= 15 is 0 Å². The lowest BCUT2D eigenvalue weighted by atomic mass is 9.40. The predicted octanol–water partition coefficient (Wildman–Crippen LogP) is 8.25. The van der Waals surface area contributed by atoms with E-state index in [4.69, 9.17) is 0 Å². The van der Waals surface area contributed by atoms with Gasteiger partial charge in [0.25, 0.3) is 0 Å². The Balaban J connectivity index is 1.59. The molecule has 3 nitrogen and oxygen atoms in total. The number of hydrogen-bond acceptors (Lipinski definition) is 2. The van der Waals surface area contributed by atoms with E-state index in [-0.39, 0.29) is 5.41 Å². The average Bonchev–Trinajstić information content (AvgIpc) is 3.43. The highest BCUT2D eigenvalue weighted by Gasteiger charge is 2.64. The number of fused-ring (bicyclic) bond motifs is 3. The van der Waals surface area contributed by atoms with Crippen molar-refractivity contribution in [3.05, 3.63) is 18.0 Å². The van der Waals surface area contributed by atoms with Gasteiger partial charge in [-0.15, -0.1) is 5.92 Å². The standard InChI is InChI=1S/C33H54N2O/c1-8-12-19-30(5)20-16-26-27-14-15-29(32(7,36)24-35-23-25(13-9-2)22-34-35)31(27,6)21-17-28(26)33(30,11-4)18-10-3/h22-23,26-29,36H,8,10-12,14-21,24H2,1-7H3. The summed E-state index contributed by atoms with van der Waals surface area (Å²) >= 11 is 0. The predicted molar refractivity (Wildman–Crippen MR) is 150 cm³/mol. The summed E-state index contributed by atoms with van der Waals surface area (Å²) < 4.78 is 1.92. The minimum atomic E-state index is -0.755. The lowest BCUT2D eigenvalue weighted by Crippen LogP contribution is -2.58. The Morgan fingerprint density at radius 1 is 1.06 bits per heavy atom. The van der Waals surface area contributed by atoms with Crippen molar-refractivity contribution in [2.45, 2.75) is 138 Å². The molecule has 1 aromatic heterocycles. The molecule has 3 heteroatoms. The number of aliphatic hydroxyl groups is 1. The molecule has 0 saturated heterocycles. The summed E-state index contributed by atoms with van der Waals surface area (Å²) in [6.45, 7) is 17.0. The Hall–Kier alpha value is -1.27. The topological polar surface area (TPSA) is 38.0 Å². The average molecular weight is 495 g/mol. The van der Waals surface area contributed by atoms with Gasteiger partial charge in [0.1, 0.15) is 0 Å². The molecule has 1 aromatic rings. The molecule has 36 heavy (non-hydrogen) atoms. The van der Waals surface area contributed by atoms with E-state index in [9.17, 15) is 5.11 Å². The van der Waals surface area contributed by atoms with Crippen LogP contribution in [0.5, 0.6) is 0 Å². The molecule has 3 saturated carbocycles. The summed E-state index contributed by atoms with van der Waals surface area (Å²) in [6.07, 6.45) is 19.9. The zero-order valence-electron chi connectivity index (χ0n) is 24.5. The van der Waals surface area contributed by atoms with Crippen molar-refractivity contribution >= 4 is 0 Å². The zero-order chi connectivity index (χ0) is 26.2. The van der Waals surface area contributed by atoms with Crippen LogP contribution in [0, 0.1) is 51.8 Å². The van der Waals surface area contributed by atoms with Crippen LogP contribution in [0.1, 0.15) is 131 Å². The first-order chi connectivity index (χ1) is 17.1. The minimum absolute atomic E-state index is 0.229. The third kappa shape index (κ3) is 4.48. The normalized spacial score (nSPS) is 39.6. The molecule has 1 heterocycles.